The zero-order valence-electron chi connectivity index (χ0n) is 15.2. The predicted octanol–water partition coefficient (Wildman–Crippen LogP) is 1.09. The van der Waals surface area contributed by atoms with Gasteiger partial charge >= 0.3 is 12.0 Å². The largest absolute Gasteiger partial charge is 0.452 e. The highest BCUT2D eigenvalue weighted by atomic mass is 16.5. The number of carbonyl (C=O) groups excluding carboxylic acids is 4. The summed E-state index contributed by atoms with van der Waals surface area (Å²) in [5.74, 6) is -2.02. The minimum Gasteiger partial charge on any atom is -0.452 e. The van der Waals surface area contributed by atoms with E-state index in [1.165, 1.54) is 0 Å². The lowest BCUT2D eigenvalue weighted by molar-refractivity contribution is -0.139. The number of urea groups is 1. The van der Waals surface area contributed by atoms with Gasteiger partial charge in [-0.25, -0.2) is 9.59 Å². The second kappa shape index (κ2) is 6.75. The van der Waals surface area contributed by atoms with Crippen LogP contribution < -0.4 is 10.7 Å². The molecule has 1 atom stereocenters. The van der Waals surface area contributed by atoms with E-state index >= 15 is 0 Å². The Balaban J connectivity index is 1.63. The Labute approximate surface area is 155 Å². The molecule has 9 nitrogen and oxygen atoms in total. The van der Waals surface area contributed by atoms with Crippen LogP contribution in [0.4, 0.5) is 4.79 Å². The molecule has 0 spiro atoms. The van der Waals surface area contributed by atoms with Gasteiger partial charge in [0.05, 0.1) is 5.56 Å². The Morgan fingerprint density at radius 1 is 1.26 bits per heavy atom. The van der Waals surface area contributed by atoms with Crippen molar-refractivity contribution in [3.05, 3.63) is 36.0 Å². The first-order valence-electron chi connectivity index (χ1n) is 8.44. The highest BCUT2D eigenvalue weighted by Crippen LogP contribution is 2.21. The topological polar surface area (TPSA) is 110 Å². The van der Waals surface area contributed by atoms with Gasteiger partial charge in [-0.3, -0.25) is 15.0 Å². The number of carbonyl (C=O) groups is 4. The van der Waals surface area contributed by atoms with Crippen LogP contribution in [0.1, 0.15) is 30.6 Å². The van der Waals surface area contributed by atoms with E-state index in [1.54, 1.807) is 43.8 Å². The van der Waals surface area contributed by atoms with E-state index in [-0.39, 0.29) is 0 Å². The van der Waals surface area contributed by atoms with E-state index in [4.69, 9.17) is 4.74 Å². The van der Waals surface area contributed by atoms with Gasteiger partial charge in [0.1, 0.15) is 5.54 Å². The first-order chi connectivity index (χ1) is 12.8. The lowest BCUT2D eigenvalue weighted by Gasteiger charge is -2.19. The van der Waals surface area contributed by atoms with Crippen LogP contribution in [0.5, 0.6) is 0 Å². The summed E-state index contributed by atoms with van der Waals surface area (Å²) < 4.78 is 6.82. The number of aromatic nitrogens is 1. The van der Waals surface area contributed by atoms with Crippen molar-refractivity contribution in [3.63, 3.8) is 0 Å². The molecule has 1 aliphatic heterocycles. The standard InChI is InChI=1S/C18H20N4O5/c1-4-18(2)16(25)22(17(26)19-18)20-14(23)10-27-15(24)12-9-21(3)13-8-6-5-7-11(12)13/h5-9H,4,10H2,1-3H3,(H,19,26)(H,20,23). The first-order valence-corrected chi connectivity index (χ1v) is 8.44. The van der Waals surface area contributed by atoms with E-state index < -0.39 is 36.0 Å². The zero-order chi connectivity index (χ0) is 19.8. The molecule has 1 saturated heterocycles. The number of nitrogens with one attached hydrogen (secondary N) is 2. The Kier molecular flexibility index (Phi) is 4.61. The number of imide groups is 1. The molecule has 1 aromatic heterocycles. The van der Waals surface area contributed by atoms with Gasteiger partial charge in [0.15, 0.2) is 6.61 Å². The maximum absolute atomic E-state index is 12.3. The molecule has 27 heavy (non-hydrogen) atoms. The molecular weight excluding hydrogens is 352 g/mol. The van der Waals surface area contributed by atoms with Crippen molar-refractivity contribution < 1.29 is 23.9 Å². The summed E-state index contributed by atoms with van der Waals surface area (Å²) in [4.78, 5) is 48.4. The molecule has 2 heterocycles. The van der Waals surface area contributed by atoms with Crippen molar-refractivity contribution in [1.29, 1.82) is 0 Å². The molecule has 9 heteroatoms. The SMILES string of the molecule is CCC1(C)NC(=O)N(NC(=O)COC(=O)c2cn(C)c3ccccc23)C1=O. The number of fused-ring (bicyclic) bond motifs is 1. The maximum atomic E-state index is 12.3. The summed E-state index contributed by atoms with van der Waals surface area (Å²) in [6, 6.07) is 6.57. The number of hydrogen-bond acceptors (Lipinski definition) is 5. The maximum Gasteiger partial charge on any atom is 0.344 e. The van der Waals surface area contributed by atoms with E-state index in [2.05, 4.69) is 10.7 Å². The number of nitrogens with zero attached hydrogens (tertiary/aromatic N) is 2. The van der Waals surface area contributed by atoms with Crippen LogP contribution in [0.2, 0.25) is 0 Å². The summed E-state index contributed by atoms with van der Waals surface area (Å²) in [5, 5.41) is 3.83. The van der Waals surface area contributed by atoms with Gasteiger partial charge in [0, 0.05) is 24.1 Å². The van der Waals surface area contributed by atoms with Gasteiger partial charge in [0.2, 0.25) is 0 Å². The molecule has 142 valence electrons. The lowest BCUT2D eigenvalue weighted by atomic mass is 10.00. The fourth-order valence-electron chi connectivity index (χ4n) is 2.90. The predicted molar refractivity (Wildman–Crippen MR) is 95.4 cm³/mol. The second-order valence-corrected chi connectivity index (χ2v) is 6.54. The second-order valence-electron chi connectivity index (χ2n) is 6.54. The van der Waals surface area contributed by atoms with Crippen molar-refractivity contribution in [3.8, 4) is 0 Å². The number of aryl methyl sites for hydroxylation is 1. The average Bonchev–Trinajstić information content (AvgIpc) is 3.10. The number of rotatable bonds is 5. The van der Waals surface area contributed by atoms with Crippen molar-refractivity contribution in [2.24, 2.45) is 7.05 Å². The molecule has 0 radical (unpaired) electrons. The fourth-order valence-corrected chi connectivity index (χ4v) is 2.90. The molecule has 2 N–H and O–H groups in total. The molecule has 0 aliphatic carbocycles. The Morgan fingerprint density at radius 2 is 1.96 bits per heavy atom. The lowest BCUT2D eigenvalue weighted by Crippen LogP contribution is -2.49. The molecule has 1 fully saturated rings. The van der Waals surface area contributed by atoms with Crippen LogP contribution >= 0.6 is 0 Å². The highest BCUT2D eigenvalue weighted by molar-refractivity contribution is 6.08. The summed E-state index contributed by atoms with van der Waals surface area (Å²) in [6.07, 6.45) is 2.00. The smallest absolute Gasteiger partial charge is 0.344 e. The minimum atomic E-state index is -1.07. The third-order valence-electron chi connectivity index (χ3n) is 4.66. The normalized spacial score (nSPS) is 19.3. The molecule has 0 saturated carbocycles. The number of amides is 4. The number of hydrazine groups is 1. The summed E-state index contributed by atoms with van der Waals surface area (Å²) in [6.45, 7) is 2.69. The van der Waals surface area contributed by atoms with Crippen molar-refractivity contribution >= 4 is 34.7 Å². The molecule has 1 aromatic carbocycles. The number of hydrogen-bond donors (Lipinski definition) is 2. The van der Waals surface area contributed by atoms with E-state index in [0.717, 1.165) is 5.52 Å². The zero-order valence-corrected chi connectivity index (χ0v) is 15.2. The average molecular weight is 372 g/mol. The number of para-hydroxylation sites is 1. The van der Waals surface area contributed by atoms with Gasteiger partial charge in [0.25, 0.3) is 11.8 Å². The minimum absolute atomic E-state index is 0.328. The van der Waals surface area contributed by atoms with E-state index in [0.29, 0.717) is 22.4 Å². The molecule has 1 aliphatic rings. The van der Waals surface area contributed by atoms with Crippen molar-refractivity contribution in [2.45, 2.75) is 25.8 Å². The first kappa shape index (κ1) is 18.4. The van der Waals surface area contributed by atoms with Crippen LogP contribution in [0.25, 0.3) is 10.9 Å². The molecule has 2 aromatic rings. The molecule has 1 unspecified atom stereocenters. The third kappa shape index (κ3) is 3.23. The van der Waals surface area contributed by atoms with Crippen LogP contribution in [0.15, 0.2) is 30.5 Å². The molecule has 0 bridgehead atoms. The van der Waals surface area contributed by atoms with E-state index in [9.17, 15) is 19.2 Å². The molecular formula is C18H20N4O5. The monoisotopic (exact) mass is 372 g/mol. The highest BCUT2D eigenvalue weighted by Gasteiger charge is 2.47. The quantitative estimate of drug-likeness (QED) is 0.603. The Bertz CT molecular complexity index is 950. The number of esters is 1. The van der Waals surface area contributed by atoms with Crippen LogP contribution in [0.3, 0.4) is 0 Å². The summed E-state index contributed by atoms with van der Waals surface area (Å²) in [5.41, 5.74) is 2.28. The van der Waals surface area contributed by atoms with Gasteiger partial charge in [-0.05, 0) is 19.4 Å². The Morgan fingerprint density at radius 3 is 2.63 bits per heavy atom. The fraction of sp³-hybridized carbons (Fsp3) is 0.333. The molecule has 3 rings (SSSR count). The van der Waals surface area contributed by atoms with Crippen LogP contribution in [-0.4, -0.2) is 45.5 Å². The molecule has 4 amide bonds. The van der Waals surface area contributed by atoms with Crippen molar-refractivity contribution in [2.75, 3.05) is 6.61 Å². The van der Waals surface area contributed by atoms with E-state index in [1.807, 2.05) is 12.1 Å². The van der Waals surface area contributed by atoms with Gasteiger partial charge in [-0.1, -0.05) is 25.1 Å². The Hall–Kier alpha value is -3.36. The summed E-state index contributed by atoms with van der Waals surface area (Å²) >= 11 is 0. The number of benzene rings is 1. The van der Waals surface area contributed by atoms with Gasteiger partial charge < -0.3 is 14.6 Å². The van der Waals surface area contributed by atoms with Crippen LogP contribution in [-0.2, 0) is 21.4 Å². The van der Waals surface area contributed by atoms with Crippen molar-refractivity contribution in [1.82, 2.24) is 20.3 Å². The van der Waals surface area contributed by atoms with Crippen LogP contribution in [0, 0.1) is 0 Å². The third-order valence-corrected chi connectivity index (χ3v) is 4.66. The number of ether oxygens (including phenoxy) is 1. The summed E-state index contributed by atoms with van der Waals surface area (Å²) in [7, 11) is 1.80. The van der Waals surface area contributed by atoms with Gasteiger partial charge in [-0.15, -0.1) is 0 Å². The van der Waals surface area contributed by atoms with Gasteiger partial charge in [-0.2, -0.15) is 5.01 Å².